The quantitative estimate of drug-likeness (QED) is 0.145. The zero-order valence-electron chi connectivity index (χ0n) is 20.9. The van der Waals surface area contributed by atoms with Crippen molar-refractivity contribution in [3.05, 3.63) is 35.4 Å². The first kappa shape index (κ1) is 29.6. The van der Waals surface area contributed by atoms with E-state index in [2.05, 4.69) is 24.5 Å². The Bertz CT molecular complexity index is 1560. The predicted octanol–water partition coefficient (Wildman–Crippen LogP) is -1.20. The van der Waals surface area contributed by atoms with Crippen molar-refractivity contribution in [3.8, 4) is 0 Å². The molecule has 5 rings (SSSR count). The molecule has 8 N–H and O–H groups in total. The lowest BCUT2D eigenvalue weighted by atomic mass is 10.2. The molecule has 2 unspecified atom stereocenters. The highest BCUT2D eigenvalue weighted by atomic mass is 31.2. The van der Waals surface area contributed by atoms with Gasteiger partial charge in [-0.05, 0) is 6.07 Å². The highest BCUT2D eigenvalue weighted by Crippen LogP contribution is 2.49. The second-order valence-corrected chi connectivity index (χ2v) is 11.8. The Morgan fingerprint density at radius 1 is 1.05 bits per heavy atom. The summed E-state index contributed by atoms with van der Waals surface area (Å²) in [5.74, 6) is 0.0893. The number of hydrogen-bond donors (Lipinski definition) is 6. The number of nitrogens with zero attached hydrogens (tertiary/aromatic N) is 6. The van der Waals surface area contributed by atoms with E-state index in [9.17, 15) is 23.9 Å². The van der Waals surface area contributed by atoms with E-state index in [1.165, 1.54) is 29.5 Å². The van der Waals surface area contributed by atoms with Gasteiger partial charge in [0.15, 0.2) is 17.7 Å². The van der Waals surface area contributed by atoms with Gasteiger partial charge in [-0.25, -0.2) is 28.9 Å². The number of imidazole rings is 1. The number of aliphatic hydroxyl groups is 1. The number of phosphoric acid groups is 2. The first-order valence-corrected chi connectivity index (χ1v) is 14.9. The standard InChI is InChI=1S/C19H26N8O12P2/c20-13-1-2-26(19(29)25-13)14-4-11(12(38-14)6-35-40(30,31)32)39-41(33,34)36-5-9-3-10(28)18(37-9)27-8-24-15-16(21)22-7-23-17(15)27/h1-2,7-12,14,18,28H,3-6H2,(H,33,34)(H2,20,25,29)(H2,21,22,23)(H2,30,31,32)/t9-,10+,11-,12+,14+,18?/m0/s1. The molecular formula is C19H26N8O12P2. The van der Waals surface area contributed by atoms with Crippen molar-refractivity contribution in [1.29, 1.82) is 0 Å². The van der Waals surface area contributed by atoms with Crippen molar-refractivity contribution in [2.24, 2.45) is 0 Å². The Kier molecular flexibility index (Phi) is 8.25. The fourth-order valence-electron chi connectivity index (χ4n) is 4.47. The first-order chi connectivity index (χ1) is 19.3. The second-order valence-electron chi connectivity index (χ2n) is 9.14. The van der Waals surface area contributed by atoms with E-state index in [0.717, 1.165) is 4.57 Å². The van der Waals surface area contributed by atoms with E-state index in [1.54, 1.807) is 0 Å². The molecule has 7 atom stereocenters. The molecule has 2 fully saturated rings. The molecule has 0 amide bonds. The third-order valence-electron chi connectivity index (χ3n) is 6.27. The van der Waals surface area contributed by atoms with Gasteiger partial charge in [-0.3, -0.25) is 22.7 Å². The van der Waals surface area contributed by atoms with Gasteiger partial charge < -0.3 is 40.7 Å². The molecule has 224 valence electrons. The number of fused-ring (bicyclic) bond motifs is 1. The van der Waals surface area contributed by atoms with Crippen molar-refractivity contribution in [2.45, 2.75) is 49.7 Å². The molecule has 0 radical (unpaired) electrons. The van der Waals surface area contributed by atoms with Gasteiger partial charge in [-0.1, -0.05) is 0 Å². The number of rotatable bonds is 10. The van der Waals surface area contributed by atoms with E-state index in [-0.39, 0.29) is 24.5 Å². The molecule has 2 saturated heterocycles. The van der Waals surface area contributed by atoms with Crippen LogP contribution in [0.2, 0.25) is 0 Å². The van der Waals surface area contributed by atoms with Gasteiger partial charge in [-0.2, -0.15) is 4.98 Å². The number of aliphatic hydroxyl groups excluding tert-OH is 1. The van der Waals surface area contributed by atoms with Crippen LogP contribution in [0.4, 0.5) is 11.6 Å². The molecule has 5 heterocycles. The van der Waals surface area contributed by atoms with Gasteiger partial charge in [0, 0.05) is 19.0 Å². The largest absolute Gasteiger partial charge is 0.472 e. The molecule has 0 aromatic carbocycles. The van der Waals surface area contributed by atoms with Gasteiger partial charge in [0.25, 0.3) is 0 Å². The van der Waals surface area contributed by atoms with Gasteiger partial charge >= 0.3 is 21.3 Å². The van der Waals surface area contributed by atoms with Crippen LogP contribution in [0.3, 0.4) is 0 Å². The van der Waals surface area contributed by atoms with Gasteiger partial charge in [0.05, 0.1) is 25.6 Å². The number of nitrogen functional groups attached to an aromatic ring is 2. The summed E-state index contributed by atoms with van der Waals surface area (Å²) in [5, 5.41) is 10.6. The predicted molar refractivity (Wildman–Crippen MR) is 134 cm³/mol. The Morgan fingerprint density at radius 2 is 1.83 bits per heavy atom. The van der Waals surface area contributed by atoms with Crippen molar-refractivity contribution in [3.63, 3.8) is 0 Å². The lowest BCUT2D eigenvalue weighted by Crippen LogP contribution is -2.29. The van der Waals surface area contributed by atoms with Crippen LogP contribution in [0, 0.1) is 0 Å². The third kappa shape index (κ3) is 6.79. The lowest BCUT2D eigenvalue weighted by molar-refractivity contribution is -0.0562. The van der Waals surface area contributed by atoms with Gasteiger partial charge in [-0.15, -0.1) is 0 Å². The zero-order valence-corrected chi connectivity index (χ0v) is 22.7. The fraction of sp³-hybridized carbons (Fsp3) is 0.526. The second kappa shape index (κ2) is 11.4. The van der Waals surface area contributed by atoms with E-state index in [0.29, 0.717) is 11.2 Å². The summed E-state index contributed by atoms with van der Waals surface area (Å²) in [6.07, 6.45) is -2.88. The Hall–Kier alpha value is -2.87. The summed E-state index contributed by atoms with van der Waals surface area (Å²) in [5.41, 5.74) is 11.1. The highest BCUT2D eigenvalue weighted by molar-refractivity contribution is 7.47. The molecule has 20 nitrogen and oxygen atoms in total. The van der Waals surface area contributed by atoms with E-state index in [4.69, 9.17) is 39.8 Å². The molecule has 0 aliphatic carbocycles. The number of nitrogens with two attached hydrogens (primary N) is 2. The summed E-state index contributed by atoms with van der Waals surface area (Å²) in [6.45, 7) is -1.22. The van der Waals surface area contributed by atoms with Crippen LogP contribution >= 0.6 is 15.6 Å². The van der Waals surface area contributed by atoms with Crippen LogP contribution in [-0.4, -0.2) is 86.5 Å². The monoisotopic (exact) mass is 620 g/mol. The molecule has 0 bridgehead atoms. The number of ether oxygens (including phenoxy) is 2. The Balaban J connectivity index is 1.24. The van der Waals surface area contributed by atoms with E-state index in [1.807, 2.05) is 0 Å². The number of anilines is 2. The fourth-order valence-corrected chi connectivity index (χ4v) is 5.79. The maximum absolute atomic E-state index is 12.8. The van der Waals surface area contributed by atoms with Crippen LogP contribution in [0.1, 0.15) is 25.3 Å². The summed E-state index contributed by atoms with van der Waals surface area (Å²) < 4.78 is 52.8. The molecule has 2 aliphatic rings. The smallest absolute Gasteiger partial charge is 0.388 e. The van der Waals surface area contributed by atoms with Crippen molar-refractivity contribution < 1.29 is 52.0 Å². The van der Waals surface area contributed by atoms with Crippen molar-refractivity contribution in [2.75, 3.05) is 24.7 Å². The summed E-state index contributed by atoms with van der Waals surface area (Å²) in [4.78, 5) is 56.5. The zero-order chi connectivity index (χ0) is 29.5. The van der Waals surface area contributed by atoms with E-state index >= 15 is 0 Å². The maximum atomic E-state index is 12.8. The van der Waals surface area contributed by atoms with E-state index < -0.39 is 71.4 Å². The molecular weight excluding hydrogens is 594 g/mol. The van der Waals surface area contributed by atoms with Crippen molar-refractivity contribution in [1.82, 2.24) is 29.1 Å². The average Bonchev–Trinajstić information content (AvgIpc) is 3.58. The van der Waals surface area contributed by atoms with Gasteiger partial charge in [0.2, 0.25) is 0 Å². The van der Waals surface area contributed by atoms with Crippen LogP contribution in [0.25, 0.3) is 11.2 Å². The summed E-state index contributed by atoms with van der Waals surface area (Å²) >= 11 is 0. The number of hydrogen-bond acceptors (Lipinski definition) is 15. The third-order valence-corrected chi connectivity index (χ3v) is 7.77. The molecule has 0 spiro atoms. The minimum Gasteiger partial charge on any atom is -0.388 e. The number of phosphoric ester groups is 2. The van der Waals surface area contributed by atoms with Crippen LogP contribution in [0.15, 0.2) is 29.7 Å². The SMILES string of the molecule is Nc1ccn([C@H]2C[C@H](OP(=O)(O)OC[C@@H]3C[C@@H](O)C(n4cnc5c(N)ncnc54)O3)[C@@H](COP(=O)(O)O)O2)c(=O)n1. The molecule has 3 aromatic rings. The van der Waals surface area contributed by atoms with Crippen LogP contribution < -0.4 is 17.2 Å². The topological polar surface area (TPSA) is 292 Å². The Labute approximate surface area is 229 Å². The minimum atomic E-state index is -4.94. The molecule has 0 saturated carbocycles. The van der Waals surface area contributed by atoms with Crippen LogP contribution in [0.5, 0.6) is 0 Å². The highest BCUT2D eigenvalue weighted by Gasteiger charge is 2.44. The van der Waals surface area contributed by atoms with Crippen molar-refractivity contribution >= 4 is 38.4 Å². The first-order valence-electron chi connectivity index (χ1n) is 11.9. The molecule has 3 aromatic heterocycles. The Morgan fingerprint density at radius 3 is 2.56 bits per heavy atom. The summed E-state index contributed by atoms with van der Waals surface area (Å²) in [7, 11) is -9.79. The molecule has 22 heteroatoms. The van der Waals surface area contributed by atoms with Gasteiger partial charge in [0.1, 0.15) is 42.2 Å². The minimum absolute atomic E-state index is 0.0192. The summed E-state index contributed by atoms with van der Waals surface area (Å²) in [6, 6.07) is 1.32. The maximum Gasteiger partial charge on any atom is 0.472 e. The normalized spacial score (nSPS) is 28.3. The lowest BCUT2D eigenvalue weighted by Gasteiger charge is -2.22. The number of aromatic nitrogens is 6. The van der Waals surface area contributed by atoms with Crippen LogP contribution in [-0.2, 0) is 32.2 Å². The average molecular weight is 620 g/mol. The molecule has 41 heavy (non-hydrogen) atoms. The molecule has 2 aliphatic heterocycles.